The molecule has 2 unspecified atom stereocenters. The first-order valence-electron chi connectivity index (χ1n) is 11.5. The zero-order valence-electron chi connectivity index (χ0n) is 19.6. The SMILES string of the molecule is COc1ccccc1/C=c1\s/c(=C(/C#N)C(=O)NC2CCCCC2C)n(-c2ccc(F)cc2)c1=O. The third-order valence-corrected chi connectivity index (χ3v) is 7.41. The molecule has 1 heterocycles. The van der Waals surface area contributed by atoms with E-state index in [0.29, 0.717) is 27.5 Å². The summed E-state index contributed by atoms with van der Waals surface area (Å²) in [6.07, 6.45) is 5.69. The fourth-order valence-electron chi connectivity index (χ4n) is 4.37. The van der Waals surface area contributed by atoms with Gasteiger partial charge in [0.25, 0.3) is 11.5 Å². The number of aromatic nitrogens is 1. The van der Waals surface area contributed by atoms with Crippen molar-refractivity contribution in [3.63, 3.8) is 0 Å². The lowest BCUT2D eigenvalue weighted by molar-refractivity contribution is -0.116. The molecule has 1 aliphatic carbocycles. The summed E-state index contributed by atoms with van der Waals surface area (Å²) in [5.41, 5.74) is 0.502. The van der Waals surface area contributed by atoms with Crippen LogP contribution in [0, 0.1) is 23.1 Å². The van der Waals surface area contributed by atoms with E-state index in [1.165, 1.54) is 28.8 Å². The van der Waals surface area contributed by atoms with E-state index >= 15 is 0 Å². The van der Waals surface area contributed by atoms with Gasteiger partial charge in [-0.2, -0.15) is 5.26 Å². The summed E-state index contributed by atoms with van der Waals surface area (Å²) in [7, 11) is 1.54. The Morgan fingerprint density at radius 1 is 1.20 bits per heavy atom. The first-order valence-corrected chi connectivity index (χ1v) is 12.3. The van der Waals surface area contributed by atoms with Gasteiger partial charge in [0.1, 0.15) is 22.3 Å². The number of thiazole rings is 1. The molecule has 0 aliphatic heterocycles. The van der Waals surface area contributed by atoms with Gasteiger partial charge in [0, 0.05) is 11.6 Å². The monoisotopic (exact) mass is 491 g/mol. The molecule has 35 heavy (non-hydrogen) atoms. The lowest BCUT2D eigenvalue weighted by Gasteiger charge is -2.29. The maximum absolute atomic E-state index is 13.6. The van der Waals surface area contributed by atoms with Crippen molar-refractivity contribution in [2.75, 3.05) is 7.11 Å². The third-order valence-electron chi connectivity index (χ3n) is 6.31. The Hall–Kier alpha value is -3.70. The minimum atomic E-state index is -0.507. The average molecular weight is 492 g/mol. The van der Waals surface area contributed by atoms with Crippen LogP contribution in [0.5, 0.6) is 5.75 Å². The Kier molecular flexibility index (Phi) is 7.47. The molecule has 1 N–H and O–H groups in total. The lowest BCUT2D eigenvalue weighted by atomic mass is 9.86. The highest BCUT2D eigenvalue weighted by molar-refractivity contribution is 7.07. The minimum absolute atomic E-state index is 0.0230. The number of hydrogen-bond donors (Lipinski definition) is 1. The number of para-hydroxylation sites is 1. The van der Waals surface area contributed by atoms with Crippen LogP contribution in [-0.2, 0) is 4.79 Å². The van der Waals surface area contributed by atoms with Crippen molar-refractivity contribution in [2.24, 2.45) is 5.92 Å². The number of carbonyl (C=O) groups excluding carboxylic acids is 1. The Morgan fingerprint density at radius 3 is 2.60 bits per heavy atom. The topological polar surface area (TPSA) is 84.1 Å². The van der Waals surface area contributed by atoms with Crippen LogP contribution in [0.3, 0.4) is 0 Å². The normalized spacial score (nSPS) is 19.1. The highest BCUT2D eigenvalue weighted by Crippen LogP contribution is 2.24. The number of ether oxygens (including phenoxy) is 1. The van der Waals surface area contributed by atoms with Gasteiger partial charge in [-0.3, -0.25) is 14.2 Å². The number of carbonyl (C=O) groups is 1. The first kappa shape index (κ1) is 24.4. The molecule has 4 rings (SSSR count). The molecular formula is C27H26FN3O3S. The predicted molar refractivity (Wildman–Crippen MR) is 134 cm³/mol. The third kappa shape index (κ3) is 5.20. The number of rotatable bonds is 5. The van der Waals surface area contributed by atoms with Gasteiger partial charge in [0.15, 0.2) is 5.57 Å². The number of benzene rings is 2. The van der Waals surface area contributed by atoms with E-state index in [2.05, 4.69) is 12.2 Å². The number of hydrogen-bond acceptors (Lipinski definition) is 5. The van der Waals surface area contributed by atoms with E-state index in [0.717, 1.165) is 37.0 Å². The first-order chi connectivity index (χ1) is 16.9. The van der Waals surface area contributed by atoms with Gasteiger partial charge < -0.3 is 10.1 Å². The summed E-state index contributed by atoms with van der Waals surface area (Å²) in [5.74, 6) is -0.0616. The molecule has 8 heteroatoms. The van der Waals surface area contributed by atoms with Gasteiger partial charge >= 0.3 is 0 Å². The van der Waals surface area contributed by atoms with E-state index in [-0.39, 0.29) is 16.3 Å². The van der Waals surface area contributed by atoms with Gasteiger partial charge in [0.05, 0.1) is 17.3 Å². The smallest absolute Gasteiger partial charge is 0.273 e. The number of nitrogens with zero attached hydrogens (tertiary/aromatic N) is 2. The summed E-state index contributed by atoms with van der Waals surface area (Å²) < 4.78 is 20.8. The molecule has 2 aromatic carbocycles. The van der Waals surface area contributed by atoms with E-state index in [4.69, 9.17) is 4.74 Å². The quantitative estimate of drug-likeness (QED) is 0.594. The van der Waals surface area contributed by atoms with E-state index in [9.17, 15) is 19.2 Å². The zero-order chi connectivity index (χ0) is 24.9. The van der Waals surface area contributed by atoms with Crippen molar-refractivity contribution in [1.82, 2.24) is 9.88 Å². The Bertz CT molecular complexity index is 1450. The second-order valence-electron chi connectivity index (χ2n) is 8.60. The zero-order valence-corrected chi connectivity index (χ0v) is 20.4. The summed E-state index contributed by atoms with van der Waals surface area (Å²) >= 11 is 1.05. The Labute approximate surface area is 206 Å². The molecule has 0 bridgehead atoms. The van der Waals surface area contributed by atoms with Crippen molar-refractivity contribution < 1.29 is 13.9 Å². The summed E-state index contributed by atoms with van der Waals surface area (Å²) in [6.45, 7) is 2.09. The lowest BCUT2D eigenvalue weighted by Crippen LogP contribution is -2.42. The van der Waals surface area contributed by atoms with Crippen LogP contribution in [0.2, 0.25) is 0 Å². The molecule has 1 saturated carbocycles. The second kappa shape index (κ2) is 10.7. The van der Waals surface area contributed by atoms with Crippen LogP contribution in [0.15, 0.2) is 53.3 Å². The van der Waals surface area contributed by atoms with E-state index in [1.54, 1.807) is 19.3 Å². The second-order valence-corrected chi connectivity index (χ2v) is 9.63. The molecule has 0 saturated heterocycles. The standard InChI is InChI=1S/C27H26FN3O3S/c1-17-7-3-5-9-22(17)30-25(32)21(16-29)27-31(20-13-11-19(28)12-14-20)26(33)24(35-27)15-18-8-4-6-10-23(18)34-2/h4,6,8,10-15,17,22H,3,5,7,9H2,1-2H3,(H,30,32)/b24-15-,27-21-. The molecule has 1 amide bonds. The van der Waals surface area contributed by atoms with E-state index < -0.39 is 17.3 Å². The highest BCUT2D eigenvalue weighted by Gasteiger charge is 2.25. The van der Waals surface area contributed by atoms with Gasteiger partial charge in [-0.25, -0.2) is 4.39 Å². The number of methoxy groups -OCH3 is 1. The largest absolute Gasteiger partial charge is 0.496 e. The molecule has 0 radical (unpaired) electrons. The molecule has 1 aromatic heterocycles. The predicted octanol–water partition coefficient (Wildman–Crippen LogP) is 3.24. The molecule has 1 aliphatic rings. The fourth-order valence-corrected chi connectivity index (χ4v) is 5.46. The summed E-state index contributed by atoms with van der Waals surface area (Å²) in [4.78, 5) is 26.8. The molecule has 6 nitrogen and oxygen atoms in total. The number of nitriles is 1. The maximum atomic E-state index is 13.6. The van der Waals surface area contributed by atoms with Crippen molar-refractivity contribution in [1.29, 1.82) is 5.26 Å². The Balaban J connectivity index is 1.93. The van der Waals surface area contributed by atoms with Crippen molar-refractivity contribution >= 4 is 28.9 Å². The molecule has 1 fully saturated rings. The number of nitrogens with one attached hydrogen (secondary N) is 1. The minimum Gasteiger partial charge on any atom is -0.496 e. The van der Waals surface area contributed by atoms with Crippen LogP contribution in [0.25, 0.3) is 17.3 Å². The van der Waals surface area contributed by atoms with Gasteiger partial charge in [-0.15, -0.1) is 11.3 Å². The number of halogens is 1. The van der Waals surface area contributed by atoms with Crippen LogP contribution in [0.4, 0.5) is 4.39 Å². The van der Waals surface area contributed by atoms with Crippen LogP contribution < -0.4 is 24.8 Å². The maximum Gasteiger partial charge on any atom is 0.273 e. The molecule has 3 aromatic rings. The average Bonchev–Trinajstić information content (AvgIpc) is 3.17. The molecule has 0 spiro atoms. The number of amides is 1. The Morgan fingerprint density at radius 2 is 1.91 bits per heavy atom. The van der Waals surface area contributed by atoms with Crippen LogP contribution in [-0.4, -0.2) is 23.6 Å². The van der Waals surface area contributed by atoms with Crippen molar-refractivity contribution in [3.8, 4) is 17.5 Å². The molecule has 180 valence electrons. The van der Waals surface area contributed by atoms with Gasteiger partial charge in [-0.1, -0.05) is 38.0 Å². The summed E-state index contributed by atoms with van der Waals surface area (Å²) in [5, 5.41) is 13.0. The van der Waals surface area contributed by atoms with Crippen LogP contribution >= 0.6 is 11.3 Å². The van der Waals surface area contributed by atoms with Crippen LogP contribution in [0.1, 0.15) is 38.2 Å². The summed E-state index contributed by atoms with van der Waals surface area (Å²) in [6, 6.07) is 14.6. The highest BCUT2D eigenvalue weighted by atomic mass is 32.1. The van der Waals surface area contributed by atoms with Gasteiger partial charge in [-0.05, 0) is 55.2 Å². The van der Waals surface area contributed by atoms with E-state index in [1.807, 2.05) is 24.3 Å². The van der Waals surface area contributed by atoms with Crippen molar-refractivity contribution in [2.45, 2.75) is 38.6 Å². The molecular weight excluding hydrogens is 465 g/mol. The molecule has 2 atom stereocenters. The fraction of sp³-hybridized carbons (Fsp3) is 0.296. The van der Waals surface area contributed by atoms with Crippen molar-refractivity contribution in [3.05, 3.63) is 79.5 Å². The van der Waals surface area contributed by atoms with Gasteiger partial charge in [0.2, 0.25) is 0 Å².